The summed E-state index contributed by atoms with van der Waals surface area (Å²) in [5, 5.41) is 0. The van der Waals surface area contributed by atoms with E-state index in [9.17, 15) is 4.79 Å². The van der Waals surface area contributed by atoms with Crippen LogP contribution in [0.15, 0.2) is 36.8 Å². The van der Waals surface area contributed by atoms with E-state index in [2.05, 4.69) is 40.1 Å². The first-order chi connectivity index (χ1) is 12.6. The van der Waals surface area contributed by atoms with Crippen LogP contribution >= 0.6 is 0 Å². The number of likely N-dealkylation sites (N-methyl/N-ethyl adjacent to an activating group) is 1. The zero-order chi connectivity index (χ0) is 18.1. The standard InChI is InChI=1S/C20H23N5O/c1-24-7-4-14(5-8-24)16-10-17(12-22-11-16)18-9-15-3-2-6-25(20(21)26)19(15)23-13-18/h4,9-13H,2-3,5-8H2,1H3,(H2,21,26). The van der Waals surface area contributed by atoms with E-state index in [1.165, 1.54) is 11.1 Å². The first-order valence-electron chi connectivity index (χ1n) is 9.01. The van der Waals surface area contributed by atoms with E-state index < -0.39 is 6.03 Å². The van der Waals surface area contributed by atoms with E-state index in [1.54, 1.807) is 4.90 Å². The van der Waals surface area contributed by atoms with Crippen LogP contribution in [-0.2, 0) is 6.42 Å². The van der Waals surface area contributed by atoms with E-state index in [1.807, 2.05) is 18.6 Å². The highest BCUT2D eigenvalue weighted by atomic mass is 16.2. The van der Waals surface area contributed by atoms with Gasteiger partial charge in [0.05, 0.1) is 0 Å². The zero-order valence-electron chi connectivity index (χ0n) is 15.0. The summed E-state index contributed by atoms with van der Waals surface area (Å²) in [5.74, 6) is 0.689. The van der Waals surface area contributed by atoms with Crippen LogP contribution in [0, 0.1) is 0 Å². The minimum absolute atomic E-state index is 0.441. The summed E-state index contributed by atoms with van der Waals surface area (Å²) in [4.78, 5) is 24.4. The third-order valence-corrected chi connectivity index (χ3v) is 5.15. The van der Waals surface area contributed by atoms with E-state index in [4.69, 9.17) is 5.73 Å². The fraction of sp³-hybridized carbons (Fsp3) is 0.350. The highest BCUT2D eigenvalue weighted by Gasteiger charge is 2.22. The molecule has 2 aromatic rings. The molecule has 0 fully saturated rings. The van der Waals surface area contributed by atoms with Crippen molar-refractivity contribution in [2.75, 3.05) is 31.6 Å². The second-order valence-electron chi connectivity index (χ2n) is 7.00. The number of amides is 2. The molecule has 6 heteroatoms. The van der Waals surface area contributed by atoms with E-state index in [0.29, 0.717) is 12.4 Å². The van der Waals surface area contributed by atoms with Gasteiger partial charge in [0.25, 0.3) is 0 Å². The van der Waals surface area contributed by atoms with Crippen molar-refractivity contribution in [3.63, 3.8) is 0 Å². The lowest BCUT2D eigenvalue weighted by atomic mass is 9.97. The molecule has 2 aromatic heterocycles. The van der Waals surface area contributed by atoms with Gasteiger partial charge in [-0.25, -0.2) is 9.78 Å². The number of hydrogen-bond donors (Lipinski definition) is 1. The van der Waals surface area contributed by atoms with E-state index in [0.717, 1.165) is 49.0 Å². The van der Waals surface area contributed by atoms with Gasteiger partial charge >= 0.3 is 6.03 Å². The molecule has 4 heterocycles. The van der Waals surface area contributed by atoms with Gasteiger partial charge < -0.3 is 10.6 Å². The van der Waals surface area contributed by atoms with Crippen molar-refractivity contribution < 1.29 is 4.79 Å². The molecule has 0 spiro atoms. The van der Waals surface area contributed by atoms with Gasteiger partial charge in [0.15, 0.2) is 0 Å². The second kappa shape index (κ2) is 6.88. The fourth-order valence-corrected chi connectivity index (χ4v) is 3.64. The van der Waals surface area contributed by atoms with Gasteiger partial charge in [-0.3, -0.25) is 9.88 Å². The molecule has 0 saturated carbocycles. The number of aryl methyl sites for hydroxylation is 1. The Labute approximate surface area is 153 Å². The summed E-state index contributed by atoms with van der Waals surface area (Å²) in [6.07, 6.45) is 10.7. The number of aromatic nitrogens is 2. The Kier molecular flexibility index (Phi) is 4.42. The second-order valence-corrected chi connectivity index (χ2v) is 7.00. The largest absolute Gasteiger partial charge is 0.351 e. The van der Waals surface area contributed by atoms with E-state index >= 15 is 0 Å². The molecular weight excluding hydrogens is 326 g/mol. The third-order valence-electron chi connectivity index (χ3n) is 5.15. The Hall–Kier alpha value is -2.73. The Morgan fingerprint density at radius 2 is 1.88 bits per heavy atom. The lowest BCUT2D eigenvalue weighted by Crippen LogP contribution is -2.40. The Bertz CT molecular complexity index is 876. The van der Waals surface area contributed by atoms with Crippen LogP contribution in [-0.4, -0.2) is 47.6 Å². The van der Waals surface area contributed by atoms with Gasteiger partial charge in [0, 0.05) is 49.4 Å². The maximum absolute atomic E-state index is 11.6. The molecule has 0 unspecified atom stereocenters. The number of carbonyl (C=O) groups is 1. The number of fused-ring (bicyclic) bond motifs is 1. The van der Waals surface area contributed by atoms with Crippen LogP contribution in [0.2, 0.25) is 0 Å². The van der Waals surface area contributed by atoms with Crippen LogP contribution in [0.25, 0.3) is 16.7 Å². The quantitative estimate of drug-likeness (QED) is 0.904. The SMILES string of the molecule is CN1CC=C(c2cncc(-c3cnc4c(c3)CCCN4C(N)=O)c2)CC1. The number of pyridine rings is 2. The maximum Gasteiger partial charge on any atom is 0.320 e. The maximum atomic E-state index is 11.6. The number of nitrogens with two attached hydrogens (primary N) is 1. The minimum Gasteiger partial charge on any atom is -0.351 e. The van der Waals surface area contributed by atoms with Gasteiger partial charge in [0.2, 0.25) is 0 Å². The Balaban J connectivity index is 1.66. The van der Waals surface area contributed by atoms with Gasteiger partial charge in [-0.2, -0.15) is 0 Å². The van der Waals surface area contributed by atoms with Crippen molar-refractivity contribution in [2.24, 2.45) is 5.73 Å². The van der Waals surface area contributed by atoms with Crippen molar-refractivity contribution >= 4 is 17.4 Å². The smallest absolute Gasteiger partial charge is 0.320 e. The predicted molar refractivity (Wildman–Crippen MR) is 103 cm³/mol. The number of anilines is 1. The first kappa shape index (κ1) is 16.7. The highest BCUT2D eigenvalue weighted by Crippen LogP contribution is 2.30. The van der Waals surface area contributed by atoms with Crippen LogP contribution in [0.1, 0.15) is 24.0 Å². The summed E-state index contributed by atoms with van der Waals surface area (Å²) < 4.78 is 0. The molecule has 0 aromatic carbocycles. The average Bonchev–Trinajstić information content (AvgIpc) is 2.67. The van der Waals surface area contributed by atoms with Crippen LogP contribution < -0.4 is 10.6 Å². The molecule has 0 aliphatic carbocycles. The molecule has 6 nitrogen and oxygen atoms in total. The van der Waals surface area contributed by atoms with Crippen molar-refractivity contribution in [1.29, 1.82) is 0 Å². The van der Waals surface area contributed by atoms with Crippen molar-refractivity contribution in [3.8, 4) is 11.1 Å². The molecule has 2 aliphatic heterocycles. The number of urea groups is 1. The van der Waals surface area contributed by atoms with Crippen molar-refractivity contribution in [2.45, 2.75) is 19.3 Å². The van der Waals surface area contributed by atoms with E-state index in [-0.39, 0.29) is 0 Å². The lowest BCUT2D eigenvalue weighted by Gasteiger charge is -2.27. The predicted octanol–water partition coefficient (Wildman–Crippen LogP) is 2.69. The Morgan fingerprint density at radius 1 is 1.08 bits per heavy atom. The van der Waals surface area contributed by atoms with Gasteiger partial charge in [-0.15, -0.1) is 0 Å². The van der Waals surface area contributed by atoms with Crippen LogP contribution in [0.3, 0.4) is 0 Å². The molecule has 26 heavy (non-hydrogen) atoms. The molecular formula is C20H23N5O. The topological polar surface area (TPSA) is 75.3 Å². The molecule has 134 valence electrons. The number of rotatable bonds is 2. The molecule has 0 bridgehead atoms. The number of primary amides is 1. The van der Waals surface area contributed by atoms with Gasteiger partial charge in [-0.1, -0.05) is 6.08 Å². The zero-order valence-corrected chi connectivity index (χ0v) is 15.0. The minimum atomic E-state index is -0.441. The third kappa shape index (κ3) is 3.20. The molecule has 4 rings (SSSR count). The Morgan fingerprint density at radius 3 is 2.65 bits per heavy atom. The average molecular weight is 349 g/mol. The van der Waals surface area contributed by atoms with Crippen LogP contribution in [0.4, 0.5) is 10.6 Å². The normalized spacial score (nSPS) is 17.6. The monoisotopic (exact) mass is 349 g/mol. The summed E-state index contributed by atoms with van der Waals surface area (Å²) >= 11 is 0. The van der Waals surface area contributed by atoms with Crippen molar-refractivity contribution in [3.05, 3.63) is 47.9 Å². The molecule has 0 radical (unpaired) electrons. The number of nitrogens with zero attached hydrogens (tertiary/aromatic N) is 4. The molecule has 2 aliphatic rings. The van der Waals surface area contributed by atoms with Gasteiger partial charge in [0.1, 0.15) is 5.82 Å². The summed E-state index contributed by atoms with van der Waals surface area (Å²) in [5.41, 5.74) is 11.1. The molecule has 2 amide bonds. The number of hydrogen-bond acceptors (Lipinski definition) is 4. The van der Waals surface area contributed by atoms with Crippen LogP contribution in [0.5, 0.6) is 0 Å². The molecule has 0 atom stereocenters. The molecule has 2 N–H and O–H groups in total. The first-order valence-corrected chi connectivity index (χ1v) is 9.01. The van der Waals surface area contributed by atoms with Crippen molar-refractivity contribution in [1.82, 2.24) is 14.9 Å². The number of carbonyl (C=O) groups excluding carboxylic acids is 1. The molecule has 0 saturated heterocycles. The summed E-state index contributed by atoms with van der Waals surface area (Å²) in [6, 6.07) is 3.85. The summed E-state index contributed by atoms with van der Waals surface area (Å²) in [6.45, 7) is 2.68. The summed E-state index contributed by atoms with van der Waals surface area (Å²) in [7, 11) is 2.14. The lowest BCUT2D eigenvalue weighted by molar-refractivity contribution is 0.253. The fourth-order valence-electron chi connectivity index (χ4n) is 3.64. The highest BCUT2D eigenvalue weighted by molar-refractivity contribution is 5.91. The van der Waals surface area contributed by atoms with Gasteiger partial charge in [-0.05, 0) is 55.1 Å².